The van der Waals surface area contributed by atoms with Gasteiger partial charge < -0.3 is 9.15 Å². The summed E-state index contributed by atoms with van der Waals surface area (Å²) in [5, 5.41) is 8.53. The normalized spacial score (nSPS) is 11.6. The molecule has 0 radical (unpaired) electrons. The molecule has 4 aromatic rings. The van der Waals surface area contributed by atoms with Gasteiger partial charge in [-0.2, -0.15) is 13.2 Å². The van der Waals surface area contributed by atoms with Crippen molar-refractivity contribution < 1.29 is 31.5 Å². The molecule has 146 valence electrons. The predicted octanol–water partition coefficient (Wildman–Crippen LogP) is 4.56. The number of carbonyl (C=O) groups is 1. The van der Waals surface area contributed by atoms with Crippen molar-refractivity contribution in [1.29, 1.82) is 0 Å². The molecule has 0 saturated heterocycles. The number of esters is 1. The second kappa shape index (κ2) is 6.97. The molecule has 2 heterocycles. The zero-order valence-electron chi connectivity index (χ0n) is 14.3. The number of rotatable bonds is 3. The van der Waals surface area contributed by atoms with E-state index in [1.807, 2.05) is 0 Å². The fourth-order valence-electron chi connectivity index (χ4n) is 2.67. The van der Waals surface area contributed by atoms with Gasteiger partial charge in [0.25, 0.3) is 5.89 Å². The molecule has 6 nitrogen and oxygen atoms in total. The highest BCUT2D eigenvalue weighted by atomic mass is 19.4. The third-order valence-electron chi connectivity index (χ3n) is 3.95. The van der Waals surface area contributed by atoms with Crippen molar-refractivity contribution >= 4 is 16.7 Å². The quantitative estimate of drug-likeness (QED) is 0.369. The molecule has 0 aliphatic rings. The van der Waals surface area contributed by atoms with Crippen LogP contribution >= 0.6 is 0 Å². The monoisotopic (exact) mass is 403 g/mol. The Bertz CT molecular complexity index is 1220. The molecule has 0 amide bonds. The molecule has 0 saturated carbocycles. The summed E-state index contributed by atoms with van der Waals surface area (Å²) in [5.41, 5.74) is 0.328. The number of ether oxygens (including phenoxy) is 1. The van der Waals surface area contributed by atoms with Gasteiger partial charge in [0.15, 0.2) is 0 Å². The summed E-state index contributed by atoms with van der Waals surface area (Å²) in [6.45, 7) is 0. The molecule has 2 aromatic carbocycles. The van der Waals surface area contributed by atoms with Gasteiger partial charge in [-0.25, -0.2) is 14.2 Å². The van der Waals surface area contributed by atoms with Crippen LogP contribution in [0.5, 0.6) is 5.88 Å². The van der Waals surface area contributed by atoms with Gasteiger partial charge in [-0.1, -0.05) is 24.3 Å². The summed E-state index contributed by atoms with van der Waals surface area (Å²) in [6, 6.07) is 12.0. The summed E-state index contributed by atoms with van der Waals surface area (Å²) in [4.78, 5) is 14.8. The molecule has 0 aliphatic heterocycles. The number of alkyl halides is 3. The van der Waals surface area contributed by atoms with Gasteiger partial charge in [-0.3, -0.25) is 0 Å². The third-order valence-corrected chi connectivity index (χ3v) is 3.95. The van der Waals surface area contributed by atoms with Crippen molar-refractivity contribution in [2.24, 2.45) is 0 Å². The lowest BCUT2D eigenvalue weighted by Gasteiger charge is -2.08. The maximum absolute atomic E-state index is 14.0. The van der Waals surface area contributed by atoms with E-state index in [1.165, 1.54) is 24.3 Å². The summed E-state index contributed by atoms with van der Waals surface area (Å²) in [7, 11) is 0. The molecule has 10 heteroatoms. The smallest absolute Gasteiger partial charge is 0.416 e. The highest BCUT2D eigenvalue weighted by Gasteiger charge is 2.42. The van der Waals surface area contributed by atoms with Crippen LogP contribution in [0.1, 0.15) is 0 Å². The van der Waals surface area contributed by atoms with Gasteiger partial charge in [0.05, 0.1) is 0 Å². The second-order valence-corrected chi connectivity index (χ2v) is 5.80. The Balaban J connectivity index is 1.75. The van der Waals surface area contributed by atoms with Crippen LogP contribution in [0, 0.1) is 5.82 Å². The highest BCUT2D eigenvalue weighted by Crippen LogP contribution is 2.33. The molecule has 29 heavy (non-hydrogen) atoms. The number of fused-ring (bicyclic) bond motifs is 1. The minimum atomic E-state index is -5.19. The van der Waals surface area contributed by atoms with Crippen molar-refractivity contribution in [3.05, 3.63) is 60.5 Å². The molecule has 0 fully saturated rings. The Hall–Kier alpha value is -3.82. The fourth-order valence-corrected chi connectivity index (χ4v) is 2.67. The van der Waals surface area contributed by atoms with E-state index in [-0.39, 0.29) is 17.3 Å². The fraction of sp³-hybridized carbons (Fsp3) is 0.0526. The predicted molar refractivity (Wildman–Crippen MR) is 92.1 cm³/mol. The number of hydrogen-bond donors (Lipinski definition) is 0. The van der Waals surface area contributed by atoms with Crippen molar-refractivity contribution in [2.45, 2.75) is 6.18 Å². The van der Waals surface area contributed by atoms with Crippen LogP contribution in [0.2, 0.25) is 0 Å². The van der Waals surface area contributed by atoms with Crippen LogP contribution in [0.3, 0.4) is 0 Å². The standard InChI is InChI=1S/C19H9F4N3O3/c20-14-8-7-12(10-4-1-2-5-11(10)14)16-25-26-17(28-16)13-6-3-9-24-15(13)29-18(27)19(21,22)23/h1-9H. The van der Waals surface area contributed by atoms with Crippen LogP contribution in [0.25, 0.3) is 33.7 Å². The highest BCUT2D eigenvalue weighted by molar-refractivity contribution is 5.95. The Morgan fingerprint density at radius 3 is 2.31 bits per heavy atom. The molecule has 0 aliphatic carbocycles. The average molecular weight is 403 g/mol. The number of nitrogens with zero attached hydrogens (tertiary/aromatic N) is 3. The minimum Gasteiger partial charge on any atom is -0.416 e. The molecule has 0 N–H and O–H groups in total. The molecule has 0 bridgehead atoms. The van der Waals surface area contributed by atoms with E-state index in [1.54, 1.807) is 24.3 Å². The van der Waals surface area contributed by atoms with Crippen molar-refractivity contribution in [1.82, 2.24) is 15.2 Å². The summed E-state index contributed by atoms with van der Waals surface area (Å²) in [6.07, 6.45) is -4.05. The van der Waals surface area contributed by atoms with Crippen LogP contribution in [-0.2, 0) is 4.79 Å². The van der Waals surface area contributed by atoms with Crippen molar-refractivity contribution in [3.8, 4) is 28.8 Å². The van der Waals surface area contributed by atoms with E-state index >= 15 is 0 Å². The zero-order chi connectivity index (χ0) is 20.6. The van der Waals surface area contributed by atoms with Crippen LogP contribution < -0.4 is 4.74 Å². The first-order valence-electron chi connectivity index (χ1n) is 8.10. The van der Waals surface area contributed by atoms with E-state index in [2.05, 4.69) is 19.9 Å². The minimum absolute atomic E-state index is 0.00755. The third kappa shape index (κ3) is 3.51. The number of carbonyl (C=O) groups excluding carboxylic acids is 1. The van der Waals surface area contributed by atoms with E-state index in [4.69, 9.17) is 4.42 Å². The van der Waals surface area contributed by atoms with Gasteiger partial charge in [0, 0.05) is 17.1 Å². The van der Waals surface area contributed by atoms with Crippen LogP contribution in [-0.4, -0.2) is 27.3 Å². The van der Waals surface area contributed by atoms with E-state index < -0.39 is 23.8 Å². The first-order chi connectivity index (χ1) is 13.8. The Labute approximate surface area is 159 Å². The number of benzene rings is 2. The molecule has 4 rings (SSSR count). The summed E-state index contributed by atoms with van der Waals surface area (Å²) >= 11 is 0. The maximum Gasteiger partial charge on any atom is 0.491 e. The van der Waals surface area contributed by atoms with E-state index in [9.17, 15) is 22.4 Å². The topological polar surface area (TPSA) is 78.1 Å². The summed E-state index contributed by atoms with van der Waals surface area (Å²) < 4.78 is 61.3. The largest absolute Gasteiger partial charge is 0.491 e. The molecule has 0 spiro atoms. The number of pyridine rings is 1. The first kappa shape index (κ1) is 18.5. The zero-order valence-corrected chi connectivity index (χ0v) is 14.3. The Morgan fingerprint density at radius 1 is 0.897 bits per heavy atom. The lowest BCUT2D eigenvalue weighted by molar-refractivity contribution is -0.189. The second-order valence-electron chi connectivity index (χ2n) is 5.80. The molecule has 0 unspecified atom stereocenters. The number of hydrogen-bond acceptors (Lipinski definition) is 6. The Morgan fingerprint density at radius 2 is 1.59 bits per heavy atom. The average Bonchev–Trinajstić information content (AvgIpc) is 3.18. The van der Waals surface area contributed by atoms with Crippen molar-refractivity contribution in [2.75, 3.05) is 0 Å². The summed E-state index contributed by atoms with van der Waals surface area (Å²) in [5.74, 6) is -3.70. The van der Waals surface area contributed by atoms with Gasteiger partial charge in [-0.15, -0.1) is 10.2 Å². The first-order valence-corrected chi connectivity index (χ1v) is 8.10. The molecular formula is C19H9F4N3O3. The molecular weight excluding hydrogens is 394 g/mol. The number of halogens is 4. The van der Waals surface area contributed by atoms with E-state index in [0.29, 0.717) is 16.3 Å². The van der Waals surface area contributed by atoms with Gasteiger partial charge in [0.1, 0.15) is 11.4 Å². The lowest BCUT2D eigenvalue weighted by Crippen LogP contribution is -2.28. The van der Waals surface area contributed by atoms with Crippen molar-refractivity contribution in [3.63, 3.8) is 0 Å². The van der Waals surface area contributed by atoms with Crippen LogP contribution in [0.15, 0.2) is 59.1 Å². The van der Waals surface area contributed by atoms with Gasteiger partial charge in [0.2, 0.25) is 11.8 Å². The Kier molecular flexibility index (Phi) is 4.45. The van der Waals surface area contributed by atoms with Crippen LogP contribution in [0.4, 0.5) is 17.6 Å². The lowest BCUT2D eigenvalue weighted by atomic mass is 10.0. The number of aromatic nitrogens is 3. The van der Waals surface area contributed by atoms with E-state index in [0.717, 1.165) is 6.20 Å². The van der Waals surface area contributed by atoms with Gasteiger partial charge in [-0.05, 0) is 29.7 Å². The van der Waals surface area contributed by atoms with Gasteiger partial charge >= 0.3 is 12.1 Å². The molecule has 0 atom stereocenters. The SMILES string of the molecule is O=C(Oc1ncccc1-c1nnc(-c2ccc(F)c3ccccc23)o1)C(F)(F)F. The molecule has 2 aromatic heterocycles. The maximum atomic E-state index is 14.0.